The molecule has 1 saturated heterocycles. The lowest BCUT2D eigenvalue weighted by Gasteiger charge is -2.33. The van der Waals surface area contributed by atoms with Crippen LogP contribution in [0.5, 0.6) is 5.75 Å². The Balaban J connectivity index is 2.02. The van der Waals surface area contributed by atoms with E-state index in [1.807, 2.05) is 0 Å². The predicted molar refractivity (Wildman–Crippen MR) is 78.7 cm³/mol. The second kappa shape index (κ2) is 4.82. The summed E-state index contributed by atoms with van der Waals surface area (Å²) in [6, 6.07) is 4.93. The van der Waals surface area contributed by atoms with Gasteiger partial charge in [-0.15, -0.1) is 0 Å². The molecule has 0 aromatic heterocycles. The second-order valence-corrected chi connectivity index (χ2v) is 6.38. The van der Waals surface area contributed by atoms with Gasteiger partial charge in [-0.3, -0.25) is 0 Å². The molecule has 2 aliphatic rings. The average molecular weight is 259 g/mol. The van der Waals surface area contributed by atoms with Crippen LogP contribution in [-0.2, 0) is 0 Å². The van der Waals surface area contributed by atoms with Crippen molar-refractivity contribution in [3.05, 3.63) is 28.8 Å². The Kier molecular flexibility index (Phi) is 3.30. The van der Waals surface area contributed by atoms with E-state index >= 15 is 0 Å². The molecule has 0 radical (unpaired) electrons. The summed E-state index contributed by atoms with van der Waals surface area (Å²) in [5.41, 5.74) is 4.81. The summed E-state index contributed by atoms with van der Waals surface area (Å²) in [5, 5.41) is 3.78. The first-order chi connectivity index (χ1) is 9.16. The third-order valence-corrected chi connectivity index (χ3v) is 5.27. The Morgan fingerprint density at radius 1 is 1.11 bits per heavy atom. The topological polar surface area (TPSA) is 21.3 Å². The molecule has 1 N–H and O–H groups in total. The van der Waals surface area contributed by atoms with Crippen LogP contribution < -0.4 is 10.1 Å². The van der Waals surface area contributed by atoms with E-state index in [0.29, 0.717) is 11.5 Å². The molecule has 2 fully saturated rings. The molecule has 1 aromatic carbocycles. The van der Waals surface area contributed by atoms with E-state index in [4.69, 9.17) is 4.74 Å². The van der Waals surface area contributed by atoms with Crippen LogP contribution in [0.15, 0.2) is 12.1 Å². The molecule has 1 aliphatic carbocycles. The molecule has 1 aromatic rings. The van der Waals surface area contributed by atoms with Gasteiger partial charge in [0.25, 0.3) is 0 Å². The summed E-state index contributed by atoms with van der Waals surface area (Å²) in [6.45, 7) is 5.64. The molecule has 0 amide bonds. The zero-order valence-corrected chi connectivity index (χ0v) is 12.4. The Labute approximate surface area is 116 Å². The molecule has 3 rings (SSSR count). The van der Waals surface area contributed by atoms with Crippen LogP contribution in [0.1, 0.15) is 54.8 Å². The highest BCUT2D eigenvalue weighted by atomic mass is 16.5. The maximum absolute atomic E-state index is 5.39. The third kappa shape index (κ3) is 2.06. The van der Waals surface area contributed by atoms with Gasteiger partial charge < -0.3 is 10.1 Å². The third-order valence-electron chi connectivity index (χ3n) is 5.27. The van der Waals surface area contributed by atoms with Gasteiger partial charge in [0.15, 0.2) is 0 Å². The van der Waals surface area contributed by atoms with E-state index in [9.17, 15) is 0 Å². The SMILES string of the molecule is COc1cc(C)c(C2NCCC23CCCC3)c(C)c1. The zero-order chi connectivity index (χ0) is 13.5. The van der Waals surface area contributed by atoms with Gasteiger partial charge in [-0.2, -0.15) is 0 Å². The van der Waals surface area contributed by atoms with Crippen LogP contribution in [-0.4, -0.2) is 13.7 Å². The smallest absolute Gasteiger partial charge is 0.119 e. The minimum atomic E-state index is 0.532. The van der Waals surface area contributed by atoms with Crippen molar-refractivity contribution in [3.63, 3.8) is 0 Å². The molecule has 19 heavy (non-hydrogen) atoms. The number of hydrogen-bond donors (Lipinski definition) is 1. The van der Waals surface area contributed by atoms with Crippen molar-refractivity contribution in [2.24, 2.45) is 5.41 Å². The predicted octanol–water partition coefficient (Wildman–Crippen LogP) is 3.91. The quantitative estimate of drug-likeness (QED) is 0.869. The van der Waals surface area contributed by atoms with Crippen molar-refractivity contribution in [2.75, 3.05) is 13.7 Å². The van der Waals surface area contributed by atoms with E-state index in [1.54, 1.807) is 7.11 Å². The number of rotatable bonds is 2. The molecule has 1 spiro atoms. The maximum atomic E-state index is 5.39. The highest BCUT2D eigenvalue weighted by molar-refractivity contribution is 5.44. The molecule has 0 bridgehead atoms. The maximum Gasteiger partial charge on any atom is 0.119 e. The monoisotopic (exact) mass is 259 g/mol. The highest BCUT2D eigenvalue weighted by Gasteiger charge is 2.45. The molecular weight excluding hydrogens is 234 g/mol. The molecule has 1 saturated carbocycles. The summed E-state index contributed by atoms with van der Waals surface area (Å²) in [4.78, 5) is 0. The molecular formula is C17H25NO. The lowest BCUT2D eigenvalue weighted by molar-refractivity contribution is 0.257. The van der Waals surface area contributed by atoms with Gasteiger partial charge in [0.05, 0.1) is 7.11 Å². The highest BCUT2D eigenvalue weighted by Crippen LogP contribution is 2.54. The van der Waals surface area contributed by atoms with Gasteiger partial charge in [0, 0.05) is 6.04 Å². The summed E-state index contributed by atoms with van der Waals surface area (Å²) in [6.07, 6.45) is 6.96. The second-order valence-electron chi connectivity index (χ2n) is 6.38. The summed E-state index contributed by atoms with van der Waals surface area (Å²) in [5.74, 6) is 0.984. The molecule has 1 unspecified atom stereocenters. The Bertz CT molecular complexity index is 446. The minimum absolute atomic E-state index is 0.532. The minimum Gasteiger partial charge on any atom is -0.497 e. The fourth-order valence-corrected chi connectivity index (χ4v) is 4.36. The molecule has 1 atom stereocenters. The van der Waals surface area contributed by atoms with Gasteiger partial charge in [0.1, 0.15) is 5.75 Å². The fourth-order valence-electron chi connectivity index (χ4n) is 4.36. The van der Waals surface area contributed by atoms with Gasteiger partial charge in [-0.05, 0) is 73.9 Å². The number of ether oxygens (including phenoxy) is 1. The van der Waals surface area contributed by atoms with Crippen LogP contribution in [0.3, 0.4) is 0 Å². The van der Waals surface area contributed by atoms with Crippen LogP contribution in [0, 0.1) is 19.3 Å². The van der Waals surface area contributed by atoms with Crippen LogP contribution >= 0.6 is 0 Å². The van der Waals surface area contributed by atoms with Crippen molar-refractivity contribution in [1.29, 1.82) is 0 Å². The molecule has 104 valence electrons. The van der Waals surface area contributed by atoms with Gasteiger partial charge in [-0.25, -0.2) is 0 Å². The van der Waals surface area contributed by atoms with Crippen molar-refractivity contribution in [3.8, 4) is 5.75 Å². The summed E-state index contributed by atoms with van der Waals surface area (Å²) >= 11 is 0. The van der Waals surface area contributed by atoms with E-state index < -0.39 is 0 Å². The molecule has 1 heterocycles. The number of nitrogens with one attached hydrogen (secondary N) is 1. The molecule has 1 aliphatic heterocycles. The normalized spacial score (nSPS) is 25.1. The van der Waals surface area contributed by atoms with Crippen LogP contribution in [0.25, 0.3) is 0 Å². The Morgan fingerprint density at radius 2 is 1.74 bits per heavy atom. The van der Waals surface area contributed by atoms with Gasteiger partial charge in [0.2, 0.25) is 0 Å². The molecule has 2 nitrogen and oxygen atoms in total. The standard InChI is InChI=1S/C17H25NO/c1-12-10-14(19-3)11-13(2)15(12)16-17(8-9-18-16)6-4-5-7-17/h10-11,16,18H,4-9H2,1-3H3. The number of benzene rings is 1. The van der Waals surface area contributed by atoms with E-state index in [2.05, 4.69) is 31.3 Å². The van der Waals surface area contributed by atoms with E-state index in [0.717, 1.165) is 5.75 Å². The van der Waals surface area contributed by atoms with Crippen LogP contribution in [0.4, 0.5) is 0 Å². The number of aryl methyl sites for hydroxylation is 2. The lowest BCUT2D eigenvalue weighted by Crippen LogP contribution is -2.27. The average Bonchev–Trinajstić information content (AvgIpc) is 3.00. The van der Waals surface area contributed by atoms with Crippen molar-refractivity contribution in [1.82, 2.24) is 5.32 Å². The fraction of sp³-hybridized carbons (Fsp3) is 0.647. The first kappa shape index (κ1) is 13.0. The zero-order valence-electron chi connectivity index (χ0n) is 12.4. The Morgan fingerprint density at radius 3 is 2.32 bits per heavy atom. The lowest BCUT2D eigenvalue weighted by atomic mass is 9.74. The largest absolute Gasteiger partial charge is 0.497 e. The van der Waals surface area contributed by atoms with Crippen molar-refractivity contribution >= 4 is 0 Å². The Hall–Kier alpha value is -1.02. The first-order valence-electron chi connectivity index (χ1n) is 7.55. The summed E-state index contributed by atoms with van der Waals surface area (Å²) < 4.78 is 5.39. The van der Waals surface area contributed by atoms with Crippen LogP contribution in [0.2, 0.25) is 0 Å². The van der Waals surface area contributed by atoms with Crippen molar-refractivity contribution in [2.45, 2.75) is 52.0 Å². The number of hydrogen-bond acceptors (Lipinski definition) is 2. The van der Waals surface area contributed by atoms with Gasteiger partial charge in [-0.1, -0.05) is 12.8 Å². The molecule has 2 heteroatoms. The van der Waals surface area contributed by atoms with Gasteiger partial charge >= 0.3 is 0 Å². The van der Waals surface area contributed by atoms with Crippen molar-refractivity contribution < 1.29 is 4.74 Å². The summed E-state index contributed by atoms with van der Waals surface area (Å²) in [7, 11) is 1.75. The van der Waals surface area contributed by atoms with E-state index in [1.165, 1.54) is 55.3 Å². The number of methoxy groups -OCH3 is 1. The first-order valence-corrected chi connectivity index (χ1v) is 7.55. The van der Waals surface area contributed by atoms with E-state index in [-0.39, 0.29) is 0 Å².